The summed E-state index contributed by atoms with van der Waals surface area (Å²) in [6.45, 7) is 11.5. The van der Waals surface area contributed by atoms with Crippen LogP contribution in [0.5, 0.6) is 0 Å². The van der Waals surface area contributed by atoms with Gasteiger partial charge in [-0.15, -0.1) is 11.6 Å². The Hall–Kier alpha value is -0.490. The number of benzene rings is 1. The minimum absolute atomic E-state index is 0.0851. The highest BCUT2D eigenvalue weighted by Gasteiger charge is 2.41. The predicted octanol–water partition coefficient (Wildman–Crippen LogP) is 8.28. The number of rotatable bonds is 13. The molecule has 0 bridgehead atoms. The van der Waals surface area contributed by atoms with Crippen molar-refractivity contribution in [1.82, 2.24) is 0 Å². The van der Waals surface area contributed by atoms with E-state index in [-0.39, 0.29) is 4.87 Å². The fraction of sp³-hybridized carbons (Fsp3) is 0.750. The zero-order chi connectivity index (χ0) is 18.7. The Morgan fingerprint density at radius 1 is 0.800 bits per heavy atom. The van der Waals surface area contributed by atoms with Gasteiger partial charge in [0.25, 0.3) is 0 Å². The number of halogens is 1. The van der Waals surface area contributed by atoms with Crippen molar-refractivity contribution in [2.75, 3.05) is 0 Å². The van der Waals surface area contributed by atoms with Crippen molar-refractivity contribution >= 4 is 11.6 Å². The molecular weight excluding hydrogens is 324 g/mol. The van der Waals surface area contributed by atoms with Crippen LogP contribution in [0.2, 0.25) is 0 Å². The normalized spacial score (nSPS) is 13.6. The Kier molecular flexibility index (Phi) is 10.8. The summed E-state index contributed by atoms with van der Waals surface area (Å²) >= 11 is 7.30. The summed E-state index contributed by atoms with van der Waals surface area (Å²) < 4.78 is 0. The van der Waals surface area contributed by atoms with Crippen molar-refractivity contribution in [3.63, 3.8) is 0 Å². The average molecular weight is 365 g/mol. The molecule has 0 nitrogen and oxygen atoms in total. The van der Waals surface area contributed by atoms with Crippen LogP contribution >= 0.6 is 11.6 Å². The van der Waals surface area contributed by atoms with Gasteiger partial charge in [0.2, 0.25) is 0 Å². The molecule has 0 heterocycles. The maximum Gasteiger partial charge on any atom is 0.0520 e. The fourth-order valence-corrected chi connectivity index (χ4v) is 4.57. The van der Waals surface area contributed by atoms with Crippen LogP contribution in [0.3, 0.4) is 0 Å². The summed E-state index contributed by atoms with van der Waals surface area (Å²) in [4.78, 5) is -0.0851. The first kappa shape index (κ1) is 22.6. The molecule has 0 aromatic heterocycles. The Labute approximate surface area is 162 Å². The van der Waals surface area contributed by atoms with Gasteiger partial charge in [-0.05, 0) is 42.6 Å². The van der Waals surface area contributed by atoms with Crippen molar-refractivity contribution in [3.05, 3.63) is 35.9 Å². The minimum atomic E-state index is -0.0851. The lowest BCUT2D eigenvalue weighted by molar-refractivity contribution is 0.195. The van der Waals surface area contributed by atoms with Crippen molar-refractivity contribution in [2.45, 2.75) is 97.3 Å². The molecule has 0 aliphatic carbocycles. The summed E-state index contributed by atoms with van der Waals surface area (Å²) in [6.07, 6.45) is 11.8. The molecule has 1 atom stereocenters. The van der Waals surface area contributed by atoms with Crippen molar-refractivity contribution in [1.29, 1.82) is 0 Å². The van der Waals surface area contributed by atoms with Crippen LogP contribution in [0.4, 0.5) is 0 Å². The van der Waals surface area contributed by atoms with Gasteiger partial charge in [-0.25, -0.2) is 0 Å². The number of hydrogen-bond donors (Lipinski definition) is 0. The van der Waals surface area contributed by atoms with Gasteiger partial charge in [0.1, 0.15) is 0 Å². The topological polar surface area (TPSA) is 0 Å². The van der Waals surface area contributed by atoms with Crippen molar-refractivity contribution in [2.24, 2.45) is 17.8 Å². The molecule has 0 radical (unpaired) electrons. The van der Waals surface area contributed by atoms with E-state index in [1.165, 1.54) is 56.9 Å². The first-order chi connectivity index (χ1) is 11.9. The Bertz CT molecular complexity index is 427. The molecule has 0 spiro atoms. The molecular formula is C24H41Cl. The van der Waals surface area contributed by atoms with Gasteiger partial charge in [-0.2, -0.15) is 0 Å². The highest BCUT2D eigenvalue weighted by molar-refractivity contribution is 6.24. The first-order valence-corrected chi connectivity index (χ1v) is 11.0. The van der Waals surface area contributed by atoms with Crippen LogP contribution in [0.1, 0.15) is 91.5 Å². The van der Waals surface area contributed by atoms with E-state index >= 15 is 0 Å². The molecule has 1 rings (SSSR count). The van der Waals surface area contributed by atoms with Crippen LogP contribution in [0, 0.1) is 17.8 Å². The number of hydrogen-bond acceptors (Lipinski definition) is 0. The molecule has 25 heavy (non-hydrogen) atoms. The highest BCUT2D eigenvalue weighted by atomic mass is 35.5. The Morgan fingerprint density at radius 2 is 1.36 bits per heavy atom. The molecule has 0 amide bonds. The SMILES string of the molecule is CCCCCCCCC(CCc1ccccc1)C(Cl)(C(C)C)C(C)C. The van der Waals surface area contributed by atoms with Crippen molar-refractivity contribution < 1.29 is 0 Å². The molecule has 1 heteroatoms. The summed E-state index contributed by atoms with van der Waals surface area (Å²) in [5.41, 5.74) is 1.45. The van der Waals surface area contributed by atoms with Gasteiger partial charge < -0.3 is 0 Å². The molecule has 0 saturated carbocycles. The maximum absolute atomic E-state index is 7.30. The van der Waals surface area contributed by atoms with Crippen LogP contribution in [0.25, 0.3) is 0 Å². The number of alkyl halides is 1. The second-order valence-corrected chi connectivity index (χ2v) is 9.07. The Morgan fingerprint density at radius 3 is 1.92 bits per heavy atom. The average Bonchev–Trinajstić information content (AvgIpc) is 2.60. The van der Waals surface area contributed by atoms with E-state index in [4.69, 9.17) is 11.6 Å². The molecule has 144 valence electrons. The second kappa shape index (κ2) is 12.0. The molecule has 1 aromatic rings. The fourth-order valence-electron chi connectivity index (χ4n) is 4.35. The van der Waals surface area contributed by atoms with Crippen LogP contribution in [-0.4, -0.2) is 4.87 Å². The number of unbranched alkanes of at least 4 members (excludes halogenated alkanes) is 5. The van der Waals surface area contributed by atoms with E-state index in [9.17, 15) is 0 Å². The summed E-state index contributed by atoms with van der Waals surface area (Å²) in [5.74, 6) is 1.62. The molecule has 0 aliphatic rings. The van der Waals surface area contributed by atoms with Crippen LogP contribution in [-0.2, 0) is 6.42 Å². The molecule has 0 N–H and O–H groups in total. The van der Waals surface area contributed by atoms with E-state index in [2.05, 4.69) is 65.0 Å². The van der Waals surface area contributed by atoms with E-state index in [1.807, 2.05) is 0 Å². The third-order valence-electron chi connectivity index (χ3n) is 5.93. The minimum Gasteiger partial charge on any atom is -0.118 e. The smallest absolute Gasteiger partial charge is 0.0520 e. The van der Waals surface area contributed by atoms with Gasteiger partial charge in [0.05, 0.1) is 4.87 Å². The van der Waals surface area contributed by atoms with E-state index in [0.717, 1.165) is 6.42 Å². The maximum atomic E-state index is 7.30. The summed E-state index contributed by atoms with van der Waals surface area (Å²) in [6, 6.07) is 10.9. The van der Waals surface area contributed by atoms with E-state index < -0.39 is 0 Å². The van der Waals surface area contributed by atoms with Gasteiger partial charge in [0, 0.05) is 0 Å². The molecule has 1 aromatic carbocycles. The molecule has 0 fully saturated rings. The summed E-state index contributed by atoms with van der Waals surface area (Å²) in [5, 5.41) is 0. The van der Waals surface area contributed by atoms with Gasteiger partial charge in [-0.1, -0.05) is 103 Å². The quantitative estimate of drug-likeness (QED) is 0.244. The standard InChI is InChI=1S/C24H41Cl/c1-6-7-8-9-10-14-17-23(24(25,20(2)3)21(4)5)19-18-22-15-12-11-13-16-22/h11-13,15-16,20-21,23H,6-10,14,17-19H2,1-5H3. The van der Waals surface area contributed by atoms with E-state index in [0.29, 0.717) is 17.8 Å². The molecule has 0 aliphatic heterocycles. The van der Waals surface area contributed by atoms with Gasteiger partial charge in [0.15, 0.2) is 0 Å². The highest BCUT2D eigenvalue weighted by Crippen LogP contribution is 2.44. The largest absolute Gasteiger partial charge is 0.118 e. The zero-order valence-electron chi connectivity index (χ0n) is 17.4. The third-order valence-corrected chi connectivity index (χ3v) is 7.11. The lowest BCUT2D eigenvalue weighted by atomic mass is 9.71. The monoisotopic (exact) mass is 364 g/mol. The Balaban J connectivity index is 2.68. The van der Waals surface area contributed by atoms with Crippen LogP contribution < -0.4 is 0 Å². The lowest BCUT2D eigenvalue weighted by Gasteiger charge is -2.43. The van der Waals surface area contributed by atoms with Gasteiger partial charge in [-0.3, -0.25) is 0 Å². The third kappa shape index (κ3) is 7.33. The predicted molar refractivity (Wildman–Crippen MR) is 115 cm³/mol. The lowest BCUT2D eigenvalue weighted by Crippen LogP contribution is -2.42. The first-order valence-electron chi connectivity index (χ1n) is 10.7. The second-order valence-electron chi connectivity index (χ2n) is 8.41. The van der Waals surface area contributed by atoms with E-state index in [1.54, 1.807) is 0 Å². The van der Waals surface area contributed by atoms with Crippen LogP contribution in [0.15, 0.2) is 30.3 Å². The zero-order valence-corrected chi connectivity index (χ0v) is 18.1. The van der Waals surface area contributed by atoms with Gasteiger partial charge >= 0.3 is 0 Å². The summed E-state index contributed by atoms with van der Waals surface area (Å²) in [7, 11) is 0. The number of aryl methyl sites for hydroxylation is 1. The van der Waals surface area contributed by atoms with Crippen molar-refractivity contribution in [3.8, 4) is 0 Å². The molecule has 0 saturated heterocycles. The molecule has 1 unspecified atom stereocenters.